The highest BCUT2D eigenvalue weighted by Crippen LogP contribution is 2.29. The molecule has 0 atom stereocenters. The average molecular weight is 445 g/mol. The molecule has 166 valence electrons. The van der Waals surface area contributed by atoms with Gasteiger partial charge in [-0.2, -0.15) is 9.61 Å². The van der Waals surface area contributed by atoms with Gasteiger partial charge in [-0.15, -0.1) is 0 Å². The monoisotopic (exact) mass is 444 g/mol. The van der Waals surface area contributed by atoms with E-state index in [-0.39, 0.29) is 12.4 Å². The van der Waals surface area contributed by atoms with Crippen LogP contribution in [-0.4, -0.2) is 47.5 Å². The summed E-state index contributed by atoms with van der Waals surface area (Å²) in [6, 6.07) is 9.57. The predicted molar refractivity (Wildman–Crippen MR) is 122 cm³/mol. The lowest BCUT2D eigenvalue weighted by Crippen LogP contribution is -2.38. The molecule has 9 nitrogen and oxygen atoms in total. The molecule has 3 aromatic rings. The van der Waals surface area contributed by atoms with Crippen LogP contribution in [0.3, 0.4) is 0 Å². The second kappa shape index (κ2) is 8.01. The maximum atomic E-state index is 12.0. The molecule has 0 radical (unpaired) electrons. The number of nitrogens with two attached hydrogens (primary N) is 1. The van der Waals surface area contributed by atoms with E-state index in [4.69, 9.17) is 10.5 Å². The van der Waals surface area contributed by atoms with Crippen LogP contribution in [0.1, 0.15) is 32.3 Å². The number of sulfone groups is 1. The summed E-state index contributed by atoms with van der Waals surface area (Å²) in [5.74, 6) is 1.87. The standard InChI is InChI=1S/C21H28N6O3S/c1-21(2,22)13-30-17-7-6-16(10-14(17)12-31(3,28)29)24-18-11-20(25-15-4-5-15)27-19(26-18)8-9-23-27/h6-11,15,25H,4-5,12-13,22H2,1-3H3,(H,24,26). The van der Waals surface area contributed by atoms with E-state index in [1.165, 1.54) is 6.26 Å². The van der Waals surface area contributed by atoms with Crippen LogP contribution in [0.5, 0.6) is 5.75 Å². The number of benzene rings is 1. The lowest BCUT2D eigenvalue weighted by Gasteiger charge is -2.21. The third-order valence-corrected chi connectivity index (χ3v) is 5.47. The lowest BCUT2D eigenvalue weighted by atomic mass is 10.1. The van der Waals surface area contributed by atoms with Crippen LogP contribution in [0.4, 0.5) is 17.3 Å². The Labute approximate surface area is 181 Å². The minimum absolute atomic E-state index is 0.133. The van der Waals surface area contributed by atoms with Crippen molar-refractivity contribution in [3.63, 3.8) is 0 Å². The molecule has 0 aliphatic heterocycles. The van der Waals surface area contributed by atoms with Crippen LogP contribution < -0.4 is 21.1 Å². The molecular weight excluding hydrogens is 416 g/mol. The molecule has 1 saturated carbocycles. The SMILES string of the molecule is CC(C)(N)COc1ccc(Nc2cc(NC3CC3)n3nccc3n2)cc1CS(C)(=O)=O. The molecule has 1 aliphatic rings. The molecule has 4 N–H and O–H groups in total. The number of hydrogen-bond acceptors (Lipinski definition) is 8. The maximum Gasteiger partial charge on any atom is 0.159 e. The van der Waals surface area contributed by atoms with Gasteiger partial charge in [-0.1, -0.05) is 0 Å². The van der Waals surface area contributed by atoms with Crippen LogP contribution in [0.2, 0.25) is 0 Å². The summed E-state index contributed by atoms with van der Waals surface area (Å²) in [7, 11) is -3.25. The number of fused-ring (bicyclic) bond motifs is 1. The van der Waals surface area contributed by atoms with Gasteiger partial charge < -0.3 is 21.1 Å². The number of anilines is 3. The van der Waals surface area contributed by atoms with Gasteiger partial charge in [-0.05, 0) is 44.9 Å². The largest absolute Gasteiger partial charge is 0.491 e. The Morgan fingerprint density at radius 3 is 2.71 bits per heavy atom. The van der Waals surface area contributed by atoms with E-state index in [0.29, 0.717) is 28.9 Å². The second-order valence-corrected chi connectivity index (χ2v) is 11.0. The molecule has 1 aliphatic carbocycles. The zero-order chi connectivity index (χ0) is 22.2. The zero-order valence-electron chi connectivity index (χ0n) is 17.9. The molecule has 0 saturated heterocycles. The molecule has 2 heterocycles. The first-order chi connectivity index (χ1) is 14.6. The maximum absolute atomic E-state index is 12.0. The topological polar surface area (TPSA) is 124 Å². The fourth-order valence-corrected chi connectivity index (χ4v) is 3.91. The molecule has 1 aromatic carbocycles. The van der Waals surface area contributed by atoms with Gasteiger partial charge in [-0.25, -0.2) is 13.4 Å². The van der Waals surface area contributed by atoms with Gasteiger partial charge in [0.05, 0.1) is 11.9 Å². The first-order valence-electron chi connectivity index (χ1n) is 10.2. The predicted octanol–water partition coefficient (Wildman–Crippen LogP) is 2.71. The molecule has 0 bridgehead atoms. The van der Waals surface area contributed by atoms with Crippen LogP contribution in [0.15, 0.2) is 36.5 Å². The molecule has 0 spiro atoms. The molecular formula is C21H28N6O3S. The summed E-state index contributed by atoms with van der Waals surface area (Å²) in [6.07, 6.45) is 5.20. The Kier molecular flexibility index (Phi) is 5.52. The van der Waals surface area contributed by atoms with Crippen molar-refractivity contribution < 1.29 is 13.2 Å². The third-order valence-electron chi connectivity index (χ3n) is 4.64. The van der Waals surface area contributed by atoms with Crippen LogP contribution in [0.25, 0.3) is 5.65 Å². The van der Waals surface area contributed by atoms with E-state index >= 15 is 0 Å². The van der Waals surface area contributed by atoms with Gasteiger partial charge in [0.25, 0.3) is 0 Å². The van der Waals surface area contributed by atoms with Gasteiger partial charge in [0.2, 0.25) is 0 Å². The van der Waals surface area contributed by atoms with Crippen molar-refractivity contribution >= 4 is 32.8 Å². The first kappa shape index (κ1) is 21.4. The van der Waals surface area contributed by atoms with E-state index in [2.05, 4.69) is 20.7 Å². The molecule has 2 aromatic heterocycles. The number of aromatic nitrogens is 3. The summed E-state index contributed by atoms with van der Waals surface area (Å²) in [4.78, 5) is 4.60. The summed E-state index contributed by atoms with van der Waals surface area (Å²) >= 11 is 0. The molecule has 0 amide bonds. The molecule has 1 fully saturated rings. The van der Waals surface area contributed by atoms with Gasteiger partial charge in [-0.3, -0.25) is 0 Å². The highest BCUT2D eigenvalue weighted by molar-refractivity contribution is 7.89. The highest BCUT2D eigenvalue weighted by atomic mass is 32.2. The van der Waals surface area contributed by atoms with Crippen LogP contribution >= 0.6 is 0 Å². The van der Waals surface area contributed by atoms with Gasteiger partial charge in [0, 0.05) is 41.2 Å². The Hall–Kier alpha value is -2.85. The summed E-state index contributed by atoms with van der Waals surface area (Å²) in [6.45, 7) is 3.97. The minimum atomic E-state index is -3.25. The van der Waals surface area contributed by atoms with Crippen molar-refractivity contribution in [1.29, 1.82) is 0 Å². The molecule has 4 rings (SSSR count). The Bertz CT molecular complexity index is 1200. The van der Waals surface area contributed by atoms with E-state index in [1.807, 2.05) is 32.0 Å². The van der Waals surface area contributed by atoms with Crippen molar-refractivity contribution in [2.75, 3.05) is 23.5 Å². The fraction of sp³-hybridized carbons (Fsp3) is 0.429. The van der Waals surface area contributed by atoms with E-state index in [9.17, 15) is 8.42 Å². The summed E-state index contributed by atoms with van der Waals surface area (Å²) in [5, 5.41) is 11.1. The van der Waals surface area contributed by atoms with Gasteiger partial charge in [0.15, 0.2) is 15.5 Å². The van der Waals surface area contributed by atoms with Crippen molar-refractivity contribution in [2.24, 2.45) is 5.73 Å². The summed E-state index contributed by atoms with van der Waals surface area (Å²) < 4.78 is 31.5. The van der Waals surface area contributed by atoms with E-state index in [0.717, 1.165) is 24.3 Å². The molecule has 10 heteroatoms. The first-order valence-corrected chi connectivity index (χ1v) is 12.2. The normalized spacial score (nSPS) is 14.6. The summed E-state index contributed by atoms with van der Waals surface area (Å²) in [5.41, 5.74) is 7.47. The number of ether oxygens (including phenoxy) is 1. The third kappa shape index (κ3) is 5.86. The van der Waals surface area contributed by atoms with Crippen molar-refractivity contribution in [3.8, 4) is 5.75 Å². The molecule has 31 heavy (non-hydrogen) atoms. The lowest BCUT2D eigenvalue weighted by molar-refractivity contribution is 0.242. The van der Waals surface area contributed by atoms with Gasteiger partial charge in [0.1, 0.15) is 24.0 Å². The Morgan fingerprint density at radius 1 is 1.26 bits per heavy atom. The average Bonchev–Trinajstić information content (AvgIpc) is 3.32. The van der Waals surface area contributed by atoms with Crippen molar-refractivity contribution in [2.45, 2.75) is 44.0 Å². The number of rotatable bonds is 9. The number of hydrogen-bond donors (Lipinski definition) is 3. The number of nitrogens with one attached hydrogen (secondary N) is 2. The minimum Gasteiger partial charge on any atom is -0.491 e. The Morgan fingerprint density at radius 2 is 2.03 bits per heavy atom. The van der Waals surface area contributed by atoms with E-state index < -0.39 is 15.4 Å². The fourth-order valence-electron chi connectivity index (χ4n) is 3.12. The van der Waals surface area contributed by atoms with Crippen LogP contribution in [0, 0.1) is 0 Å². The molecule has 0 unspecified atom stereocenters. The second-order valence-electron chi connectivity index (χ2n) is 8.84. The van der Waals surface area contributed by atoms with Crippen LogP contribution in [-0.2, 0) is 15.6 Å². The Balaban J connectivity index is 1.62. The number of nitrogens with zero attached hydrogens (tertiary/aromatic N) is 3. The zero-order valence-corrected chi connectivity index (χ0v) is 18.7. The van der Waals surface area contributed by atoms with Crippen molar-refractivity contribution in [3.05, 3.63) is 42.1 Å². The quantitative estimate of drug-likeness (QED) is 0.460. The van der Waals surface area contributed by atoms with E-state index in [1.54, 1.807) is 22.8 Å². The smallest absolute Gasteiger partial charge is 0.159 e. The highest BCUT2D eigenvalue weighted by Gasteiger charge is 2.22. The van der Waals surface area contributed by atoms with Crippen molar-refractivity contribution in [1.82, 2.24) is 14.6 Å². The van der Waals surface area contributed by atoms with Gasteiger partial charge >= 0.3 is 0 Å².